The molecule has 6 nitrogen and oxygen atoms in total. The summed E-state index contributed by atoms with van der Waals surface area (Å²) in [5, 5.41) is 30.1. The molecule has 1 amide bonds. The number of carboxylic acids is 1. The van der Waals surface area contributed by atoms with Crippen molar-refractivity contribution in [2.24, 2.45) is 0 Å². The van der Waals surface area contributed by atoms with Crippen molar-refractivity contribution in [3.05, 3.63) is 0 Å². The minimum absolute atomic E-state index is 0.0920. The summed E-state index contributed by atoms with van der Waals surface area (Å²) >= 11 is 0. The average Bonchev–Trinajstić information content (AvgIpc) is 2.89. The lowest BCUT2D eigenvalue weighted by Gasteiger charge is -2.27. The summed E-state index contributed by atoms with van der Waals surface area (Å²) in [4.78, 5) is 25.1. The van der Waals surface area contributed by atoms with Crippen LogP contribution in [0.25, 0.3) is 0 Å². The van der Waals surface area contributed by atoms with Crippen molar-refractivity contribution in [3.63, 3.8) is 0 Å². The summed E-state index contributed by atoms with van der Waals surface area (Å²) in [5.74, 6) is -1.30. The van der Waals surface area contributed by atoms with Crippen molar-refractivity contribution in [1.29, 1.82) is 0 Å². The molecule has 226 valence electrons. The van der Waals surface area contributed by atoms with E-state index in [0.29, 0.717) is 12.8 Å². The van der Waals surface area contributed by atoms with Gasteiger partial charge < -0.3 is 20.2 Å². The van der Waals surface area contributed by atoms with Crippen LogP contribution in [-0.2, 0) is 9.59 Å². The zero-order valence-electron chi connectivity index (χ0n) is 25.1. The molecule has 0 saturated carbocycles. The lowest BCUT2D eigenvalue weighted by atomic mass is 10.0. The van der Waals surface area contributed by atoms with Crippen molar-refractivity contribution in [1.82, 2.24) is 4.90 Å². The molecule has 38 heavy (non-hydrogen) atoms. The Kier molecular flexibility index (Phi) is 26.6. The molecule has 2 unspecified atom stereocenters. The van der Waals surface area contributed by atoms with Crippen LogP contribution in [0.5, 0.6) is 0 Å². The number of aliphatic hydroxyl groups excluding tert-OH is 2. The van der Waals surface area contributed by atoms with Gasteiger partial charge in [-0.2, -0.15) is 0 Å². The number of rotatable bonds is 29. The number of aliphatic hydroxyl groups is 2. The van der Waals surface area contributed by atoms with Gasteiger partial charge >= 0.3 is 5.97 Å². The van der Waals surface area contributed by atoms with Gasteiger partial charge in [0.2, 0.25) is 5.91 Å². The average molecular weight is 542 g/mol. The molecule has 0 spiro atoms. The van der Waals surface area contributed by atoms with Crippen LogP contribution >= 0.6 is 0 Å². The largest absolute Gasteiger partial charge is 0.481 e. The molecule has 0 aliphatic heterocycles. The Morgan fingerprint density at radius 2 is 0.842 bits per heavy atom. The Labute approximate surface area is 235 Å². The summed E-state index contributed by atoms with van der Waals surface area (Å²) in [5.41, 5.74) is 0. The summed E-state index contributed by atoms with van der Waals surface area (Å²) in [6, 6.07) is 0. The first kappa shape index (κ1) is 36.9. The van der Waals surface area contributed by atoms with Crippen LogP contribution in [0, 0.1) is 0 Å². The van der Waals surface area contributed by atoms with Gasteiger partial charge in [-0.25, -0.2) is 0 Å². The maximum Gasteiger partial charge on any atom is 0.303 e. The molecule has 6 heteroatoms. The van der Waals surface area contributed by atoms with E-state index in [1.165, 1.54) is 108 Å². The fraction of sp³-hybridized carbons (Fsp3) is 0.938. The Balaban J connectivity index is 4.19. The second-order valence-corrected chi connectivity index (χ2v) is 11.4. The molecular formula is C32H63NO5. The zero-order chi connectivity index (χ0) is 28.3. The number of hydrogen-bond donors (Lipinski definition) is 3. The number of carboxylic acid groups (broad SMARTS) is 1. The predicted octanol–water partition coefficient (Wildman–Crippen LogP) is 8.02. The van der Waals surface area contributed by atoms with E-state index in [2.05, 4.69) is 13.8 Å². The highest BCUT2D eigenvalue weighted by Crippen LogP contribution is 2.15. The van der Waals surface area contributed by atoms with Crippen LogP contribution in [0.1, 0.15) is 168 Å². The molecule has 3 N–H and O–H groups in total. The number of carbonyl (C=O) groups excluding carboxylic acids is 1. The van der Waals surface area contributed by atoms with Gasteiger partial charge in [-0.05, 0) is 12.8 Å². The lowest BCUT2D eigenvalue weighted by molar-refractivity contribution is -0.142. The molecule has 0 saturated heterocycles. The van der Waals surface area contributed by atoms with Crippen molar-refractivity contribution < 1.29 is 24.9 Å². The summed E-state index contributed by atoms with van der Waals surface area (Å²) in [6.07, 6.45) is 24.4. The van der Waals surface area contributed by atoms with Crippen LogP contribution in [0.2, 0.25) is 0 Å². The van der Waals surface area contributed by atoms with Crippen LogP contribution < -0.4 is 0 Å². The highest BCUT2D eigenvalue weighted by atomic mass is 16.4. The van der Waals surface area contributed by atoms with Gasteiger partial charge in [0, 0.05) is 19.5 Å². The standard InChI is InChI=1S/C32H63NO5/c1-3-5-7-9-11-13-15-17-19-21-23-29(34)27-33(31(36)25-26-32(37)38)28-30(35)24-22-20-18-16-14-12-10-8-6-4-2/h29-30,34-35H,3-28H2,1-2H3,(H,37,38). The van der Waals surface area contributed by atoms with Crippen LogP contribution in [0.4, 0.5) is 0 Å². The quantitative estimate of drug-likeness (QED) is 0.0833. The third-order valence-electron chi connectivity index (χ3n) is 7.55. The molecule has 2 atom stereocenters. The maximum absolute atomic E-state index is 12.6. The Bertz CT molecular complexity index is 510. The summed E-state index contributed by atoms with van der Waals surface area (Å²) in [7, 11) is 0. The number of nitrogens with zero attached hydrogens (tertiary/aromatic N) is 1. The van der Waals surface area contributed by atoms with E-state index in [9.17, 15) is 19.8 Å². The number of hydrogen-bond acceptors (Lipinski definition) is 4. The molecular weight excluding hydrogens is 478 g/mol. The first-order chi connectivity index (χ1) is 18.4. The van der Waals surface area contributed by atoms with E-state index in [-0.39, 0.29) is 31.8 Å². The maximum atomic E-state index is 12.6. The monoisotopic (exact) mass is 541 g/mol. The molecule has 0 heterocycles. The van der Waals surface area contributed by atoms with E-state index in [1.807, 2.05) is 0 Å². The van der Waals surface area contributed by atoms with Gasteiger partial charge in [0.1, 0.15) is 0 Å². The molecule has 0 aromatic carbocycles. The SMILES string of the molecule is CCCCCCCCCCCCC(O)CN(CC(O)CCCCCCCCCCCC)C(=O)CCC(=O)O. The zero-order valence-corrected chi connectivity index (χ0v) is 25.1. The molecule has 0 aliphatic carbocycles. The highest BCUT2D eigenvalue weighted by molar-refractivity contribution is 5.80. The number of amides is 1. The molecule has 0 bridgehead atoms. The second kappa shape index (κ2) is 27.4. The molecule has 0 radical (unpaired) electrons. The Morgan fingerprint density at radius 1 is 0.526 bits per heavy atom. The van der Waals surface area contributed by atoms with Crippen LogP contribution in [-0.4, -0.2) is 57.4 Å². The van der Waals surface area contributed by atoms with E-state index in [0.717, 1.165) is 25.7 Å². The molecule has 0 fully saturated rings. The minimum atomic E-state index is -1.00. The Hall–Kier alpha value is -1.14. The smallest absolute Gasteiger partial charge is 0.303 e. The topological polar surface area (TPSA) is 98.1 Å². The van der Waals surface area contributed by atoms with E-state index >= 15 is 0 Å². The van der Waals surface area contributed by atoms with E-state index in [1.54, 1.807) is 0 Å². The summed E-state index contributed by atoms with van der Waals surface area (Å²) in [6.45, 7) is 4.82. The summed E-state index contributed by atoms with van der Waals surface area (Å²) < 4.78 is 0. The van der Waals surface area contributed by atoms with Crippen molar-refractivity contribution >= 4 is 11.9 Å². The fourth-order valence-corrected chi connectivity index (χ4v) is 5.08. The van der Waals surface area contributed by atoms with Crippen LogP contribution in [0.15, 0.2) is 0 Å². The normalized spacial score (nSPS) is 12.9. The van der Waals surface area contributed by atoms with Gasteiger partial charge in [-0.15, -0.1) is 0 Å². The van der Waals surface area contributed by atoms with Gasteiger partial charge in [0.25, 0.3) is 0 Å². The van der Waals surface area contributed by atoms with Gasteiger partial charge in [-0.1, -0.05) is 142 Å². The highest BCUT2D eigenvalue weighted by Gasteiger charge is 2.21. The Morgan fingerprint density at radius 3 is 1.16 bits per heavy atom. The van der Waals surface area contributed by atoms with Gasteiger partial charge in [0.05, 0.1) is 18.6 Å². The predicted molar refractivity (Wildman–Crippen MR) is 158 cm³/mol. The van der Waals surface area contributed by atoms with Crippen LogP contribution in [0.3, 0.4) is 0 Å². The van der Waals surface area contributed by atoms with Crippen molar-refractivity contribution in [2.75, 3.05) is 13.1 Å². The van der Waals surface area contributed by atoms with Crippen molar-refractivity contribution in [3.8, 4) is 0 Å². The first-order valence-corrected chi connectivity index (χ1v) is 16.3. The molecule has 0 aromatic rings. The molecule has 0 aliphatic rings. The van der Waals surface area contributed by atoms with Crippen molar-refractivity contribution in [2.45, 2.75) is 180 Å². The van der Waals surface area contributed by atoms with Gasteiger partial charge in [0.15, 0.2) is 0 Å². The van der Waals surface area contributed by atoms with Gasteiger partial charge in [-0.3, -0.25) is 9.59 Å². The van der Waals surface area contributed by atoms with E-state index < -0.39 is 18.2 Å². The number of unbranched alkanes of at least 4 members (excludes halogenated alkanes) is 18. The number of carbonyl (C=O) groups is 2. The number of aliphatic carboxylic acids is 1. The molecule has 0 aromatic heterocycles. The first-order valence-electron chi connectivity index (χ1n) is 16.3. The fourth-order valence-electron chi connectivity index (χ4n) is 5.08. The minimum Gasteiger partial charge on any atom is -0.481 e. The third-order valence-corrected chi connectivity index (χ3v) is 7.55. The second-order valence-electron chi connectivity index (χ2n) is 11.4. The molecule has 0 rings (SSSR count). The third kappa shape index (κ3) is 25.2. The van der Waals surface area contributed by atoms with E-state index in [4.69, 9.17) is 5.11 Å². The lowest BCUT2D eigenvalue weighted by Crippen LogP contribution is -2.42.